The summed E-state index contributed by atoms with van der Waals surface area (Å²) in [6.45, 7) is 6.77. The molecule has 4 N–H and O–H groups in total. The molecule has 1 aliphatic rings. The molecule has 0 saturated carbocycles. The molecule has 0 bridgehead atoms. The van der Waals surface area contributed by atoms with Gasteiger partial charge in [-0.3, -0.25) is 19.4 Å². The monoisotopic (exact) mass is 603 g/mol. The summed E-state index contributed by atoms with van der Waals surface area (Å²) in [5.41, 5.74) is 8.60. The normalized spacial score (nSPS) is 16.8. The third-order valence-corrected chi connectivity index (χ3v) is 7.82. The van der Waals surface area contributed by atoms with Gasteiger partial charge in [-0.25, -0.2) is 4.39 Å². The molecule has 0 unspecified atom stereocenters. The van der Waals surface area contributed by atoms with Crippen LogP contribution in [0, 0.1) is 11.7 Å². The Labute approximate surface area is 258 Å². The van der Waals surface area contributed by atoms with Crippen LogP contribution in [-0.2, 0) is 16.0 Å². The van der Waals surface area contributed by atoms with E-state index < -0.39 is 18.0 Å². The summed E-state index contributed by atoms with van der Waals surface area (Å²) in [5.74, 6) is -1.74. The Morgan fingerprint density at radius 3 is 2.50 bits per heavy atom. The van der Waals surface area contributed by atoms with Crippen molar-refractivity contribution in [3.63, 3.8) is 0 Å². The minimum Gasteiger partial charge on any atom is -0.377 e. The second kappa shape index (κ2) is 15.5. The van der Waals surface area contributed by atoms with Crippen LogP contribution in [0.3, 0.4) is 0 Å². The molecule has 0 spiro atoms. The second-order valence-electron chi connectivity index (χ2n) is 11.7. The molecule has 1 aliphatic heterocycles. The summed E-state index contributed by atoms with van der Waals surface area (Å²) >= 11 is 0. The van der Waals surface area contributed by atoms with Crippen LogP contribution in [0.5, 0.6) is 0 Å². The zero-order valence-corrected chi connectivity index (χ0v) is 25.5. The molecule has 10 heteroatoms. The van der Waals surface area contributed by atoms with Gasteiger partial charge in [0.2, 0.25) is 5.91 Å². The lowest BCUT2D eigenvalue weighted by Crippen LogP contribution is -2.50. The maximum Gasteiger partial charge on any atom is 0.272 e. The predicted octanol–water partition coefficient (Wildman–Crippen LogP) is 4.58. The van der Waals surface area contributed by atoms with E-state index in [1.54, 1.807) is 17.9 Å². The molecule has 3 aromatic rings. The maximum absolute atomic E-state index is 13.5. The van der Waals surface area contributed by atoms with Crippen molar-refractivity contribution in [1.29, 1.82) is 0 Å². The number of nitrogens with one attached hydrogen (secondary N) is 2. The van der Waals surface area contributed by atoms with Crippen LogP contribution in [0.25, 0.3) is 0 Å². The third-order valence-electron chi connectivity index (χ3n) is 7.82. The van der Waals surface area contributed by atoms with Crippen LogP contribution in [0.4, 0.5) is 10.1 Å². The van der Waals surface area contributed by atoms with E-state index in [1.165, 1.54) is 36.5 Å². The molecule has 3 amide bonds. The highest BCUT2D eigenvalue weighted by atomic mass is 19.1. The van der Waals surface area contributed by atoms with Gasteiger partial charge in [-0.05, 0) is 81.5 Å². The van der Waals surface area contributed by atoms with Gasteiger partial charge in [0.25, 0.3) is 11.8 Å². The Kier molecular flexibility index (Phi) is 11.6. The van der Waals surface area contributed by atoms with E-state index in [2.05, 4.69) is 15.6 Å². The van der Waals surface area contributed by atoms with Gasteiger partial charge in [-0.1, -0.05) is 37.3 Å². The Morgan fingerprint density at radius 2 is 1.80 bits per heavy atom. The van der Waals surface area contributed by atoms with E-state index >= 15 is 0 Å². The number of halogens is 1. The Balaban J connectivity index is 1.45. The quantitative estimate of drug-likeness (QED) is 0.263. The molecule has 1 saturated heterocycles. The number of amides is 3. The molecule has 1 fully saturated rings. The van der Waals surface area contributed by atoms with Crippen LogP contribution in [0.2, 0.25) is 0 Å². The topological polar surface area (TPSA) is 127 Å². The van der Waals surface area contributed by atoms with Gasteiger partial charge in [0.15, 0.2) is 0 Å². The number of rotatable bonds is 13. The first kappa shape index (κ1) is 32.8. The summed E-state index contributed by atoms with van der Waals surface area (Å²) in [4.78, 5) is 45.8. The van der Waals surface area contributed by atoms with Crippen molar-refractivity contribution < 1.29 is 23.5 Å². The van der Waals surface area contributed by atoms with Crippen molar-refractivity contribution in [3.05, 3.63) is 95.6 Å². The van der Waals surface area contributed by atoms with Crippen molar-refractivity contribution in [2.45, 2.75) is 70.7 Å². The van der Waals surface area contributed by atoms with Gasteiger partial charge in [-0.15, -0.1) is 0 Å². The number of hydrogen-bond acceptors (Lipinski definition) is 6. The maximum atomic E-state index is 13.5. The zero-order valence-electron chi connectivity index (χ0n) is 25.5. The van der Waals surface area contributed by atoms with Gasteiger partial charge in [0, 0.05) is 42.0 Å². The highest BCUT2D eigenvalue weighted by molar-refractivity contribution is 5.99. The van der Waals surface area contributed by atoms with E-state index in [-0.39, 0.29) is 41.4 Å². The van der Waals surface area contributed by atoms with Gasteiger partial charge in [0.05, 0.1) is 18.8 Å². The molecule has 0 radical (unpaired) electrons. The van der Waals surface area contributed by atoms with Gasteiger partial charge in [-0.2, -0.15) is 0 Å². The lowest BCUT2D eigenvalue weighted by Gasteiger charge is -2.27. The largest absolute Gasteiger partial charge is 0.377 e. The number of pyridine rings is 1. The minimum atomic E-state index is -0.567. The molecule has 9 nitrogen and oxygen atoms in total. The fraction of sp³-hybridized carbons (Fsp3) is 0.412. The number of aromatic nitrogens is 1. The summed E-state index contributed by atoms with van der Waals surface area (Å²) < 4.78 is 19.0. The number of likely N-dealkylation sites (tertiary alicyclic amines) is 1. The second-order valence-corrected chi connectivity index (χ2v) is 11.7. The summed E-state index contributed by atoms with van der Waals surface area (Å²) in [6, 6.07) is 17.2. The lowest BCUT2D eigenvalue weighted by molar-refractivity contribution is -0.119. The highest BCUT2D eigenvalue weighted by Gasteiger charge is 2.31. The molecular formula is C34H42FN5O4. The first-order valence-corrected chi connectivity index (χ1v) is 15.2. The van der Waals surface area contributed by atoms with Crippen molar-refractivity contribution in [2.75, 3.05) is 18.5 Å². The fourth-order valence-corrected chi connectivity index (χ4v) is 5.32. The number of nitrogens with zero attached hydrogens (tertiary/aromatic N) is 2. The minimum absolute atomic E-state index is 0.0281. The van der Waals surface area contributed by atoms with Crippen LogP contribution < -0.4 is 16.4 Å². The number of carbonyl (C=O) groups excluding carboxylic acids is 3. The van der Waals surface area contributed by atoms with E-state index in [0.29, 0.717) is 37.2 Å². The lowest BCUT2D eigenvalue weighted by atomic mass is 9.92. The SMILES string of the molecule is CC(C)OC[C@H]1CCCN1C(=O)c1cc(C(=O)N[C@@H](Cc2ccccc2)[C@@H](N)C[C@@H](C)C(=O)Nc2ccc(F)cc2)ccn1. The van der Waals surface area contributed by atoms with Gasteiger partial charge >= 0.3 is 0 Å². The molecule has 0 aliphatic carbocycles. The van der Waals surface area contributed by atoms with Crippen LogP contribution in [0.15, 0.2) is 72.9 Å². The van der Waals surface area contributed by atoms with Crippen molar-refractivity contribution >= 4 is 23.4 Å². The first-order valence-electron chi connectivity index (χ1n) is 15.2. The number of carbonyl (C=O) groups is 3. The van der Waals surface area contributed by atoms with E-state index in [9.17, 15) is 18.8 Å². The van der Waals surface area contributed by atoms with E-state index in [0.717, 1.165) is 18.4 Å². The molecule has 234 valence electrons. The number of hydrogen-bond donors (Lipinski definition) is 3. The predicted molar refractivity (Wildman–Crippen MR) is 168 cm³/mol. The molecule has 2 aromatic carbocycles. The number of benzene rings is 2. The third kappa shape index (κ3) is 9.17. The average Bonchev–Trinajstić information content (AvgIpc) is 3.49. The number of anilines is 1. The molecule has 2 heterocycles. The highest BCUT2D eigenvalue weighted by Crippen LogP contribution is 2.21. The Hall–Kier alpha value is -4.15. The first-order chi connectivity index (χ1) is 21.1. The van der Waals surface area contributed by atoms with Crippen molar-refractivity contribution in [3.8, 4) is 0 Å². The van der Waals surface area contributed by atoms with Crippen LogP contribution in [0.1, 0.15) is 66.4 Å². The van der Waals surface area contributed by atoms with Crippen LogP contribution in [-0.4, -0.2) is 65.0 Å². The molecule has 1 aromatic heterocycles. The van der Waals surface area contributed by atoms with E-state index in [1.807, 2.05) is 44.2 Å². The number of ether oxygens (including phenoxy) is 1. The Bertz CT molecular complexity index is 1400. The average molecular weight is 604 g/mol. The van der Waals surface area contributed by atoms with Gasteiger partial charge in [0.1, 0.15) is 11.5 Å². The van der Waals surface area contributed by atoms with Crippen LogP contribution >= 0.6 is 0 Å². The Morgan fingerprint density at radius 1 is 1.07 bits per heavy atom. The fourth-order valence-electron chi connectivity index (χ4n) is 5.32. The summed E-state index contributed by atoms with van der Waals surface area (Å²) in [6.07, 6.45) is 4.02. The van der Waals surface area contributed by atoms with E-state index in [4.69, 9.17) is 10.5 Å². The molecule has 4 atom stereocenters. The molecular weight excluding hydrogens is 561 g/mol. The smallest absolute Gasteiger partial charge is 0.272 e. The summed E-state index contributed by atoms with van der Waals surface area (Å²) in [5, 5.41) is 5.84. The van der Waals surface area contributed by atoms with Gasteiger partial charge < -0.3 is 26.0 Å². The van der Waals surface area contributed by atoms with Crippen molar-refractivity contribution in [1.82, 2.24) is 15.2 Å². The summed E-state index contributed by atoms with van der Waals surface area (Å²) in [7, 11) is 0. The van der Waals surface area contributed by atoms with Crippen molar-refractivity contribution in [2.24, 2.45) is 11.7 Å². The zero-order chi connectivity index (χ0) is 31.6. The standard InChI is InChI=1S/C34H42FN5O4/c1-22(2)44-21-28-10-7-17-40(28)34(43)31-20-25(15-16-37-31)33(42)39-30(19-24-8-5-4-6-9-24)29(36)18-23(3)32(41)38-27-13-11-26(35)12-14-27/h4-6,8-9,11-16,20,22-23,28-30H,7,10,17-19,21,36H2,1-3H3,(H,38,41)(H,39,42)/t23-,28-,29+,30+/m1/s1. The molecule has 4 rings (SSSR count). The number of nitrogens with two attached hydrogens (primary N) is 1. The molecule has 44 heavy (non-hydrogen) atoms.